The highest BCUT2D eigenvalue weighted by Gasteiger charge is 2.23. The monoisotopic (exact) mass is 224 g/mol. The number of thioether (sulfide) groups is 1. The lowest BCUT2D eigenvalue weighted by Crippen LogP contribution is -2.06. The summed E-state index contributed by atoms with van der Waals surface area (Å²) in [7, 11) is 1.92. The highest BCUT2D eigenvalue weighted by atomic mass is 32.2. The largest absolute Gasteiger partial charge is 0.299 e. The number of aromatic nitrogens is 2. The number of rotatable bonds is 4. The summed E-state index contributed by atoms with van der Waals surface area (Å²) in [5.41, 5.74) is 0. The van der Waals surface area contributed by atoms with Crippen molar-refractivity contribution in [2.24, 2.45) is 13.0 Å². The highest BCUT2D eigenvalue weighted by molar-refractivity contribution is 7.99. The molecule has 4 heteroatoms. The van der Waals surface area contributed by atoms with Gasteiger partial charge in [-0.05, 0) is 25.0 Å². The molecule has 1 fully saturated rings. The lowest BCUT2D eigenvalue weighted by Gasteiger charge is -2.05. The highest BCUT2D eigenvalue weighted by Crippen LogP contribution is 2.27. The van der Waals surface area contributed by atoms with Crippen molar-refractivity contribution in [2.75, 3.05) is 5.75 Å². The van der Waals surface area contributed by atoms with Crippen molar-refractivity contribution in [1.29, 1.82) is 0 Å². The summed E-state index contributed by atoms with van der Waals surface area (Å²) < 4.78 is 1.81. The number of aryl methyl sites for hydroxylation is 1. The van der Waals surface area contributed by atoms with E-state index < -0.39 is 0 Å². The molecule has 3 nitrogen and oxygen atoms in total. The molecule has 0 N–H and O–H groups in total. The quantitative estimate of drug-likeness (QED) is 0.736. The lowest BCUT2D eigenvalue weighted by molar-refractivity contribution is -0.120. The molecule has 82 valence electrons. The van der Waals surface area contributed by atoms with E-state index in [2.05, 4.69) is 5.10 Å². The number of carbonyl (C=O) groups is 1. The van der Waals surface area contributed by atoms with Crippen molar-refractivity contribution < 1.29 is 4.79 Å². The van der Waals surface area contributed by atoms with E-state index in [1.165, 1.54) is 4.90 Å². The zero-order valence-electron chi connectivity index (χ0n) is 8.98. The van der Waals surface area contributed by atoms with Crippen LogP contribution in [0, 0.1) is 5.92 Å². The minimum atomic E-state index is 0.342. The number of hydrogen-bond acceptors (Lipinski definition) is 3. The first-order valence-electron chi connectivity index (χ1n) is 5.40. The Hall–Kier alpha value is -0.770. The molecule has 1 saturated carbocycles. The van der Waals surface area contributed by atoms with Crippen LogP contribution in [0.2, 0.25) is 0 Å². The van der Waals surface area contributed by atoms with Gasteiger partial charge in [-0.1, -0.05) is 0 Å². The van der Waals surface area contributed by atoms with Crippen LogP contribution in [0.5, 0.6) is 0 Å². The van der Waals surface area contributed by atoms with Gasteiger partial charge in [0.2, 0.25) is 0 Å². The van der Waals surface area contributed by atoms with Gasteiger partial charge in [0.15, 0.2) is 0 Å². The third-order valence-corrected chi connectivity index (χ3v) is 3.83. The summed E-state index contributed by atoms with van der Waals surface area (Å²) in [6.07, 6.45) is 7.93. The number of nitrogens with zero attached hydrogens (tertiary/aromatic N) is 2. The number of Topliss-reactive ketones (excluding diaryl/α,β-unsaturated/α-hetero) is 1. The average Bonchev–Trinajstić information content (AvgIpc) is 2.77. The summed E-state index contributed by atoms with van der Waals surface area (Å²) in [6.45, 7) is 0. The van der Waals surface area contributed by atoms with Crippen LogP contribution in [-0.2, 0) is 11.8 Å². The molecule has 0 saturated heterocycles. The standard InChI is InChI=1S/C11H16N2OS/c1-13-8-10(7-12-13)15-6-5-9-3-2-4-11(9)14/h7-9H,2-6H2,1H3. The molecular formula is C11H16N2OS. The Balaban J connectivity index is 1.73. The molecule has 0 radical (unpaired) electrons. The maximum absolute atomic E-state index is 11.4. The van der Waals surface area contributed by atoms with Gasteiger partial charge in [0.05, 0.1) is 6.20 Å². The Bertz CT molecular complexity index is 348. The molecule has 2 rings (SSSR count). The molecule has 1 aliphatic rings. The van der Waals surface area contributed by atoms with E-state index >= 15 is 0 Å². The lowest BCUT2D eigenvalue weighted by atomic mass is 10.1. The van der Waals surface area contributed by atoms with E-state index in [0.717, 1.165) is 31.4 Å². The van der Waals surface area contributed by atoms with E-state index in [9.17, 15) is 4.79 Å². The predicted octanol–water partition coefficient (Wildman–Crippen LogP) is 2.27. The van der Waals surface area contributed by atoms with Crippen LogP contribution in [0.25, 0.3) is 0 Å². The fraction of sp³-hybridized carbons (Fsp3) is 0.636. The van der Waals surface area contributed by atoms with Gasteiger partial charge >= 0.3 is 0 Å². The minimum Gasteiger partial charge on any atom is -0.299 e. The van der Waals surface area contributed by atoms with Crippen LogP contribution in [-0.4, -0.2) is 21.3 Å². The molecular weight excluding hydrogens is 208 g/mol. The fourth-order valence-electron chi connectivity index (χ4n) is 1.99. The number of hydrogen-bond donors (Lipinski definition) is 0. The van der Waals surface area contributed by atoms with Gasteiger partial charge in [-0.15, -0.1) is 11.8 Å². The van der Waals surface area contributed by atoms with E-state index in [1.807, 2.05) is 24.1 Å². The predicted molar refractivity (Wildman–Crippen MR) is 60.9 cm³/mol. The molecule has 1 aromatic rings. The van der Waals surface area contributed by atoms with Gasteiger partial charge in [0.1, 0.15) is 5.78 Å². The Morgan fingerprint density at radius 2 is 2.53 bits per heavy atom. The van der Waals surface area contributed by atoms with E-state index in [0.29, 0.717) is 11.7 Å². The fourth-order valence-corrected chi connectivity index (χ4v) is 2.97. The topological polar surface area (TPSA) is 34.9 Å². The summed E-state index contributed by atoms with van der Waals surface area (Å²) in [4.78, 5) is 12.6. The summed E-state index contributed by atoms with van der Waals surface area (Å²) in [6, 6.07) is 0. The van der Waals surface area contributed by atoms with Crippen LogP contribution in [0.15, 0.2) is 17.3 Å². The third kappa shape index (κ3) is 2.84. The molecule has 1 aliphatic carbocycles. The van der Waals surface area contributed by atoms with Crippen molar-refractivity contribution in [1.82, 2.24) is 9.78 Å². The molecule has 0 amide bonds. The zero-order valence-corrected chi connectivity index (χ0v) is 9.80. The van der Waals surface area contributed by atoms with Gasteiger partial charge in [-0.3, -0.25) is 9.48 Å². The number of carbonyl (C=O) groups excluding carboxylic acids is 1. The molecule has 1 heterocycles. The van der Waals surface area contributed by atoms with Gasteiger partial charge in [-0.2, -0.15) is 5.10 Å². The SMILES string of the molecule is Cn1cc(SCCC2CCCC2=O)cn1. The first kappa shape index (κ1) is 10.7. The second-order valence-electron chi connectivity index (χ2n) is 4.04. The van der Waals surface area contributed by atoms with Gasteiger partial charge < -0.3 is 0 Å². The van der Waals surface area contributed by atoms with Gasteiger partial charge in [0, 0.05) is 30.5 Å². The Morgan fingerprint density at radius 3 is 3.13 bits per heavy atom. The summed E-state index contributed by atoms with van der Waals surface area (Å²) >= 11 is 1.79. The molecule has 1 aromatic heterocycles. The summed E-state index contributed by atoms with van der Waals surface area (Å²) in [5.74, 6) is 1.85. The Kier molecular flexibility index (Phi) is 3.46. The van der Waals surface area contributed by atoms with Crippen LogP contribution in [0.3, 0.4) is 0 Å². The van der Waals surface area contributed by atoms with Crippen molar-refractivity contribution >= 4 is 17.5 Å². The first-order valence-corrected chi connectivity index (χ1v) is 6.38. The third-order valence-electron chi connectivity index (χ3n) is 2.85. The first-order chi connectivity index (χ1) is 7.25. The normalized spacial score (nSPS) is 21.1. The molecule has 1 unspecified atom stereocenters. The van der Waals surface area contributed by atoms with Crippen LogP contribution < -0.4 is 0 Å². The van der Waals surface area contributed by atoms with Crippen molar-refractivity contribution in [2.45, 2.75) is 30.6 Å². The second-order valence-corrected chi connectivity index (χ2v) is 5.21. The maximum atomic E-state index is 11.4. The van der Waals surface area contributed by atoms with Gasteiger partial charge in [-0.25, -0.2) is 0 Å². The Morgan fingerprint density at radius 1 is 1.67 bits per heavy atom. The zero-order chi connectivity index (χ0) is 10.7. The average molecular weight is 224 g/mol. The van der Waals surface area contributed by atoms with Crippen LogP contribution in [0.1, 0.15) is 25.7 Å². The van der Waals surface area contributed by atoms with E-state index in [1.54, 1.807) is 11.8 Å². The molecule has 15 heavy (non-hydrogen) atoms. The summed E-state index contributed by atoms with van der Waals surface area (Å²) in [5, 5.41) is 4.11. The molecule has 0 spiro atoms. The molecule has 0 aliphatic heterocycles. The second kappa shape index (κ2) is 4.84. The molecule has 1 atom stereocenters. The number of ketones is 1. The van der Waals surface area contributed by atoms with Crippen LogP contribution >= 0.6 is 11.8 Å². The molecule has 0 aromatic carbocycles. The van der Waals surface area contributed by atoms with Crippen molar-refractivity contribution in [3.63, 3.8) is 0 Å². The van der Waals surface area contributed by atoms with E-state index in [-0.39, 0.29) is 0 Å². The van der Waals surface area contributed by atoms with Crippen LogP contribution in [0.4, 0.5) is 0 Å². The maximum Gasteiger partial charge on any atom is 0.136 e. The minimum absolute atomic E-state index is 0.342. The Labute approximate surface area is 94.2 Å². The van der Waals surface area contributed by atoms with Crippen molar-refractivity contribution in [3.8, 4) is 0 Å². The van der Waals surface area contributed by atoms with Gasteiger partial charge in [0.25, 0.3) is 0 Å². The smallest absolute Gasteiger partial charge is 0.136 e. The van der Waals surface area contributed by atoms with E-state index in [4.69, 9.17) is 0 Å². The molecule has 0 bridgehead atoms. The van der Waals surface area contributed by atoms with Crippen molar-refractivity contribution in [3.05, 3.63) is 12.4 Å².